The number of benzene rings is 1. The number of hydrogen-bond donors (Lipinski definition) is 1. The maximum Gasteiger partial charge on any atom is 0.239 e. The lowest BCUT2D eigenvalue weighted by atomic mass is 10.1. The molecule has 1 atom stereocenters. The van der Waals surface area contributed by atoms with Gasteiger partial charge in [-0.2, -0.15) is 0 Å². The van der Waals surface area contributed by atoms with Crippen LogP contribution in [0.2, 0.25) is 0 Å². The van der Waals surface area contributed by atoms with Crippen LogP contribution in [-0.4, -0.2) is 48.4 Å². The molecule has 2 rings (SSSR count). The predicted molar refractivity (Wildman–Crippen MR) is 71.9 cm³/mol. The van der Waals surface area contributed by atoms with E-state index in [1.54, 1.807) is 4.90 Å². The van der Waals surface area contributed by atoms with Crippen molar-refractivity contribution in [3.63, 3.8) is 0 Å². The van der Waals surface area contributed by atoms with Crippen molar-refractivity contribution in [2.45, 2.75) is 19.0 Å². The van der Waals surface area contributed by atoms with Crippen LogP contribution >= 0.6 is 0 Å². The molecule has 1 fully saturated rings. The fraction of sp³-hybridized carbons (Fsp3) is 0.500. The van der Waals surface area contributed by atoms with E-state index in [0.717, 1.165) is 26.1 Å². The SMILES string of the molecule is CN1CCC(N(CCN)Cc2ccccc2)C1=O. The molecule has 1 heterocycles. The quantitative estimate of drug-likeness (QED) is 0.832. The molecular weight excluding hydrogens is 226 g/mol. The first-order valence-electron chi connectivity index (χ1n) is 6.45. The Balaban J connectivity index is 2.06. The molecule has 2 N–H and O–H groups in total. The van der Waals surface area contributed by atoms with Gasteiger partial charge in [-0.05, 0) is 12.0 Å². The molecule has 0 aliphatic carbocycles. The number of amides is 1. The molecule has 0 spiro atoms. The minimum atomic E-state index is -0.00115. The van der Waals surface area contributed by atoms with Crippen molar-refractivity contribution < 1.29 is 4.79 Å². The summed E-state index contributed by atoms with van der Waals surface area (Å²) in [7, 11) is 1.87. The van der Waals surface area contributed by atoms with E-state index in [1.807, 2.05) is 25.2 Å². The summed E-state index contributed by atoms with van der Waals surface area (Å²) in [6.07, 6.45) is 0.905. The Morgan fingerprint density at radius 2 is 2.11 bits per heavy atom. The molecule has 0 saturated carbocycles. The fourth-order valence-corrected chi connectivity index (χ4v) is 2.47. The van der Waals surface area contributed by atoms with Crippen LogP contribution in [0.1, 0.15) is 12.0 Å². The van der Waals surface area contributed by atoms with Crippen LogP contribution < -0.4 is 5.73 Å². The van der Waals surface area contributed by atoms with Gasteiger partial charge in [0.25, 0.3) is 0 Å². The summed E-state index contributed by atoms with van der Waals surface area (Å²) in [5, 5.41) is 0. The summed E-state index contributed by atoms with van der Waals surface area (Å²) in [5.41, 5.74) is 6.89. The van der Waals surface area contributed by atoms with Crippen molar-refractivity contribution in [2.24, 2.45) is 5.73 Å². The largest absolute Gasteiger partial charge is 0.344 e. The van der Waals surface area contributed by atoms with Crippen LogP contribution in [0.15, 0.2) is 30.3 Å². The Labute approximate surface area is 108 Å². The minimum absolute atomic E-state index is 0.00115. The van der Waals surface area contributed by atoms with E-state index in [9.17, 15) is 4.79 Å². The molecule has 4 nitrogen and oxygen atoms in total. The van der Waals surface area contributed by atoms with Crippen molar-refractivity contribution in [3.8, 4) is 0 Å². The van der Waals surface area contributed by atoms with E-state index < -0.39 is 0 Å². The molecular formula is C14H21N3O. The zero-order valence-corrected chi connectivity index (χ0v) is 10.9. The Hall–Kier alpha value is -1.39. The average Bonchev–Trinajstić information content (AvgIpc) is 2.71. The van der Waals surface area contributed by atoms with Gasteiger partial charge >= 0.3 is 0 Å². The highest BCUT2D eigenvalue weighted by atomic mass is 16.2. The van der Waals surface area contributed by atoms with Crippen molar-refractivity contribution in [3.05, 3.63) is 35.9 Å². The minimum Gasteiger partial charge on any atom is -0.344 e. The number of nitrogens with two attached hydrogens (primary N) is 1. The molecule has 4 heteroatoms. The van der Waals surface area contributed by atoms with Gasteiger partial charge in [0.1, 0.15) is 0 Å². The van der Waals surface area contributed by atoms with Crippen LogP contribution in [0, 0.1) is 0 Å². The molecule has 1 aromatic carbocycles. The lowest BCUT2D eigenvalue weighted by Gasteiger charge is -2.27. The highest BCUT2D eigenvalue weighted by Crippen LogP contribution is 2.18. The smallest absolute Gasteiger partial charge is 0.239 e. The zero-order valence-electron chi connectivity index (χ0n) is 10.9. The van der Waals surface area contributed by atoms with Crippen LogP contribution in [0.5, 0.6) is 0 Å². The molecule has 0 aromatic heterocycles. The summed E-state index contributed by atoms with van der Waals surface area (Å²) < 4.78 is 0. The summed E-state index contributed by atoms with van der Waals surface area (Å²) in [5.74, 6) is 0.222. The van der Waals surface area contributed by atoms with Gasteiger partial charge in [0.2, 0.25) is 5.91 Å². The van der Waals surface area contributed by atoms with Crippen LogP contribution in [0.3, 0.4) is 0 Å². The van der Waals surface area contributed by atoms with E-state index >= 15 is 0 Å². The van der Waals surface area contributed by atoms with Gasteiger partial charge in [0, 0.05) is 33.2 Å². The molecule has 1 aliphatic heterocycles. The van der Waals surface area contributed by atoms with E-state index in [4.69, 9.17) is 5.73 Å². The summed E-state index contributed by atoms with van der Waals surface area (Å²) >= 11 is 0. The second kappa shape index (κ2) is 5.98. The normalized spacial score (nSPS) is 19.8. The highest BCUT2D eigenvalue weighted by Gasteiger charge is 2.33. The standard InChI is InChI=1S/C14H21N3O/c1-16-9-7-13(14(16)18)17(10-8-15)11-12-5-3-2-4-6-12/h2-6,13H,7-11,15H2,1H3. The number of likely N-dealkylation sites (tertiary alicyclic amines) is 1. The van der Waals surface area contributed by atoms with Crippen molar-refractivity contribution >= 4 is 5.91 Å². The molecule has 0 radical (unpaired) electrons. The number of rotatable bonds is 5. The van der Waals surface area contributed by atoms with Gasteiger partial charge in [-0.1, -0.05) is 30.3 Å². The predicted octanol–water partition coefficient (Wildman–Crippen LogP) is 0.678. The third kappa shape index (κ3) is 2.89. The van der Waals surface area contributed by atoms with E-state index in [-0.39, 0.29) is 11.9 Å². The van der Waals surface area contributed by atoms with E-state index in [0.29, 0.717) is 6.54 Å². The third-order valence-corrected chi connectivity index (χ3v) is 3.48. The molecule has 1 aromatic rings. The van der Waals surface area contributed by atoms with Crippen molar-refractivity contribution in [1.82, 2.24) is 9.80 Å². The second-order valence-electron chi connectivity index (χ2n) is 4.81. The summed E-state index contributed by atoms with van der Waals surface area (Å²) in [6.45, 7) is 2.99. The van der Waals surface area contributed by atoms with Gasteiger partial charge in [0.05, 0.1) is 6.04 Å². The Bertz CT molecular complexity index is 393. The number of carbonyl (C=O) groups is 1. The molecule has 1 saturated heterocycles. The third-order valence-electron chi connectivity index (χ3n) is 3.48. The fourth-order valence-electron chi connectivity index (χ4n) is 2.47. The summed E-state index contributed by atoms with van der Waals surface area (Å²) in [6, 6.07) is 10.2. The number of hydrogen-bond acceptors (Lipinski definition) is 3. The molecule has 0 bridgehead atoms. The maximum absolute atomic E-state index is 12.1. The first-order valence-corrected chi connectivity index (χ1v) is 6.45. The summed E-state index contributed by atoms with van der Waals surface area (Å²) in [4.78, 5) is 16.1. The molecule has 98 valence electrons. The van der Waals surface area contributed by atoms with Gasteiger partial charge in [-0.25, -0.2) is 0 Å². The average molecular weight is 247 g/mol. The van der Waals surface area contributed by atoms with E-state index in [1.165, 1.54) is 5.56 Å². The number of carbonyl (C=O) groups excluding carboxylic acids is 1. The van der Waals surface area contributed by atoms with Gasteiger partial charge in [-0.3, -0.25) is 9.69 Å². The monoisotopic (exact) mass is 247 g/mol. The Kier molecular flexibility index (Phi) is 4.33. The molecule has 1 aliphatic rings. The van der Waals surface area contributed by atoms with Crippen LogP contribution in [0.25, 0.3) is 0 Å². The molecule has 18 heavy (non-hydrogen) atoms. The van der Waals surface area contributed by atoms with Gasteiger partial charge < -0.3 is 10.6 Å². The van der Waals surface area contributed by atoms with Gasteiger partial charge in [-0.15, -0.1) is 0 Å². The first kappa shape index (κ1) is 13.1. The van der Waals surface area contributed by atoms with Crippen LogP contribution in [0.4, 0.5) is 0 Å². The molecule has 1 unspecified atom stereocenters. The lowest BCUT2D eigenvalue weighted by Crippen LogP contribution is -2.43. The topological polar surface area (TPSA) is 49.6 Å². The first-order chi connectivity index (χ1) is 8.72. The Morgan fingerprint density at radius 3 is 2.67 bits per heavy atom. The van der Waals surface area contributed by atoms with E-state index in [2.05, 4.69) is 17.0 Å². The van der Waals surface area contributed by atoms with Crippen molar-refractivity contribution in [2.75, 3.05) is 26.7 Å². The number of likely N-dealkylation sites (N-methyl/N-ethyl adjacent to an activating group) is 1. The Morgan fingerprint density at radius 1 is 1.39 bits per heavy atom. The van der Waals surface area contributed by atoms with Crippen molar-refractivity contribution in [1.29, 1.82) is 0 Å². The number of nitrogens with zero attached hydrogens (tertiary/aromatic N) is 2. The maximum atomic E-state index is 12.1. The molecule has 1 amide bonds. The second-order valence-corrected chi connectivity index (χ2v) is 4.81. The lowest BCUT2D eigenvalue weighted by molar-refractivity contribution is -0.131. The van der Waals surface area contributed by atoms with Crippen LogP contribution in [-0.2, 0) is 11.3 Å². The van der Waals surface area contributed by atoms with Gasteiger partial charge in [0.15, 0.2) is 0 Å². The zero-order chi connectivity index (χ0) is 13.0. The highest BCUT2D eigenvalue weighted by molar-refractivity contribution is 5.83.